The molecule has 2 N–H and O–H groups in total. The Kier molecular flexibility index (Phi) is 4.76. The van der Waals surface area contributed by atoms with Gasteiger partial charge in [-0.15, -0.1) is 0 Å². The molecule has 5 rings (SSSR count). The van der Waals surface area contributed by atoms with Crippen LogP contribution in [0.3, 0.4) is 0 Å². The van der Waals surface area contributed by atoms with Crippen molar-refractivity contribution in [1.29, 1.82) is 0 Å². The van der Waals surface area contributed by atoms with Crippen LogP contribution in [0, 0.1) is 0 Å². The summed E-state index contributed by atoms with van der Waals surface area (Å²) >= 11 is 0. The molecule has 0 atom stereocenters. The van der Waals surface area contributed by atoms with Gasteiger partial charge in [-0.3, -0.25) is 14.6 Å². The minimum Gasteiger partial charge on any atom is -0.351 e. The summed E-state index contributed by atoms with van der Waals surface area (Å²) < 4.78 is 1.40. The van der Waals surface area contributed by atoms with E-state index in [1.807, 2.05) is 66.7 Å². The minimum absolute atomic E-state index is 0.188. The molecule has 3 heterocycles. The molecule has 0 aliphatic carbocycles. The van der Waals surface area contributed by atoms with Gasteiger partial charge in [0, 0.05) is 22.5 Å². The highest BCUT2D eigenvalue weighted by Crippen LogP contribution is 2.16. The van der Waals surface area contributed by atoms with E-state index in [1.165, 1.54) is 4.68 Å². The monoisotopic (exact) mass is 409 g/mol. The molecule has 0 aliphatic heterocycles. The quantitative estimate of drug-likeness (QED) is 0.466. The molecule has 0 fully saturated rings. The maximum atomic E-state index is 12.9. The topological polar surface area (TPSA) is 92.7 Å². The molecule has 7 heteroatoms. The molecule has 152 valence electrons. The Balaban J connectivity index is 1.46. The molecule has 7 nitrogen and oxygen atoms in total. The molecule has 0 saturated carbocycles. The summed E-state index contributed by atoms with van der Waals surface area (Å²) in [7, 11) is 0. The Hall–Kier alpha value is -4.26. The second-order valence-corrected chi connectivity index (χ2v) is 7.23. The number of fused-ring (bicyclic) bond motifs is 2. The van der Waals surface area contributed by atoms with Crippen LogP contribution in [0.4, 0.5) is 0 Å². The van der Waals surface area contributed by atoms with Gasteiger partial charge in [0.05, 0.1) is 29.9 Å². The normalized spacial score (nSPS) is 11.1. The average Bonchev–Trinajstić information content (AvgIpc) is 3.25. The summed E-state index contributed by atoms with van der Waals surface area (Å²) in [5.74, 6) is -0.232. The Labute approximate surface area is 177 Å². The summed E-state index contributed by atoms with van der Waals surface area (Å²) in [6.07, 6.45) is 1.68. The fraction of sp³-hybridized carbons (Fsp3) is 0.0833. The zero-order valence-corrected chi connectivity index (χ0v) is 16.6. The van der Waals surface area contributed by atoms with E-state index in [4.69, 9.17) is 0 Å². The van der Waals surface area contributed by atoms with Crippen LogP contribution in [0.2, 0.25) is 0 Å². The summed E-state index contributed by atoms with van der Waals surface area (Å²) in [5, 5.41) is 9.71. The van der Waals surface area contributed by atoms with Gasteiger partial charge >= 0.3 is 0 Å². The molecule has 0 unspecified atom stereocenters. The molecule has 31 heavy (non-hydrogen) atoms. The van der Waals surface area contributed by atoms with E-state index < -0.39 is 0 Å². The summed E-state index contributed by atoms with van der Waals surface area (Å²) in [5.41, 5.74) is 2.55. The Morgan fingerprint density at radius 3 is 2.55 bits per heavy atom. The molecular weight excluding hydrogens is 390 g/mol. The van der Waals surface area contributed by atoms with Crippen molar-refractivity contribution in [1.82, 2.24) is 25.1 Å². The Bertz CT molecular complexity index is 1420. The van der Waals surface area contributed by atoms with Gasteiger partial charge in [0.25, 0.3) is 11.5 Å². The lowest BCUT2D eigenvalue weighted by Gasteiger charge is -2.11. The molecule has 1 amide bonds. The number of aromatic nitrogens is 4. The number of nitrogens with one attached hydrogen (secondary N) is 2. The number of hydrogen-bond acceptors (Lipinski definition) is 4. The van der Waals surface area contributed by atoms with Crippen LogP contribution in [-0.4, -0.2) is 25.7 Å². The van der Waals surface area contributed by atoms with Crippen LogP contribution in [0.25, 0.3) is 21.7 Å². The van der Waals surface area contributed by atoms with Crippen molar-refractivity contribution in [3.8, 4) is 0 Å². The fourth-order valence-corrected chi connectivity index (χ4v) is 3.64. The van der Waals surface area contributed by atoms with Gasteiger partial charge in [-0.25, -0.2) is 4.68 Å². The zero-order chi connectivity index (χ0) is 21.2. The van der Waals surface area contributed by atoms with Gasteiger partial charge in [-0.2, -0.15) is 5.10 Å². The average molecular weight is 409 g/mol. The van der Waals surface area contributed by atoms with Crippen LogP contribution < -0.4 is 10.9 Å². The van der Waals surface area contributed by atoms with Crippen molar-refractivity contribution in [3.63, 3.8) is 0 Å². The first kappa shape index (κ1) is 18.7. The molecular formula is C24H19N5O2. The van der Waals surface area contributed by atoms with Crippen molar-refractivity contribution in [3.05, 3.63) is 106 Å². The molecule has 5 aromatic rings. The Morgan fingerprint density at radius 2 is 1.74 bits per heavy atom. The molecule has 0 radical (unpaired) electrons. The number of nitrogens with zero attached hydrogens (tertiary/aromatic N) is 3. The number of para-hydroxylation sites is 1. The summed E-state index contributed by atoms with van der Waals surface area (Å²) in [4.78, 5) is 33.1. The van der Waals surface area contributed by atoms with Gasteiger partial charge in [0.2, 0.25) is 0 Å². The predicted octanol–water partition coefficient (Wildman–Crippen LogP) is 3.25. The first-order chi connectivity index (χ1) is 15.2. The van der Waals surface area contributed by atoms with Gasteiger partial charge < -0.3 is 10.3 Å². The number of benzene rings is 2. The van der Waals surface area contributed by atoms with Crippen molar-refractivity contribution in [2.75, 3.05) is 0 Å². The lowest BCUT2D eigenvalue weighted by atomic mass is 10.1. The van der Waals surface area contributed by atoms with E-state index >= 15 is 0 Å². The highest BCUT2D eigenvalue weighted by atomic mass is 16.2. The second kappa shape index (κ2) is 7.87. The molecule has 0 spiro atoms. The maximum Gasteiger partial charge on any atom is 0.275 e. The highest BCUT2D eigenvalue weighted by molar-refractivity contribution is 5.98. The van der Waals surface area contributed by atoms with E-state index in [1.54, 1.807) is 12.3 Å². The van der Waals surface area contributed by atoms with Crippen molar-refractivity contribution < 1.29 is 4.79 Å². The third-order valence-corrected chi connectivity index (χ3v) is 5.17. The highest BCUT2D eigenvalue weighted by Gasteiger charge is 2.14. The minimum atomic E-state index is -0.232. The van der Waals surface area contributed by atoms with Crippen LogP contribution in [0.5, 0.6) is 0 Å². The fourth-order valence-electron chi connectivity index (χ4n) is 3.64. The molecule has 0 bridgehead atoms. The van der Waals surface area contributed by atoms with Crippen molar-refractivity contribution >= 4 is 27.6 Å². The number of carbonyl (C=O) groups is 1. The molecule has 3 aromatic heterocycles. The Morgan fingerprint density at radius 1 is 0.968 bits per heavy atom. The van der Waals surface area contributed by atoms with Gasteiger partial charge in [0.1, 0.15) is 5.69 Å². The van der Waals surface area contributed by atoms with Crippen molar-refractivity contribution in [2.45, 2.75) is 13.1 Å². The summed E-state index contributed by atoms with van der Waals surface area (Å²) in [6.45, 7) is 0.449. The summed E-state index contributed by atoms with van der Waals surface area (Å²) in [6, 6.07) is 22.4. The first-order valence-electron chi connectivity index (χ1n) is 9.93. The molecule has 2 aromatic carbocycles. The number of pyridine rings is 1. The first-order valence-corrected chi connectivity index (χ1v) is 9.93. The van der Waals surface area contributed by atoms with Crippen LogP contribution in [0.1, 0.15) is 21.9 Å². The predicted molar refractivity (Wildman–Crippen MR) is 119 cm³/mol. The van der Waals surface area contributed by atoms with Crippen molar-refractivity contribution in [2.24, 2.45) is 0 Å². The lowest BCUT2D eigenvalue weighted by molar-refractivity contribution is 0.0946. The van der Waals surface area contributed by atoms with E-state index in [2.05, 4.69) is 20.4 Å². The van der Waals surface area contributed by atoms with E-state index in [-0.39, 0.29) is 24.6 Å². The lowest BCUT2D eigenvalue weighted by Crippen LogP contribution is -2.29. The van der Waals surface area contributed by atoms with E-state index in [0.29, 0.717) is 16.8 Å². The largest absolute Gasteiger partial charge is 0.351 e. The third-order valence-electron chi connectivity index (χ3n) is 5.17. The maximum absolute atomic E-state index is 12.9. The van der Waals surface area contributed by atoms with Crippen LogP contribution >= 0.6 is 0 Å². The number of amides is 1. The molecule has 0 aliphatic rings. The smallest absolute Gasteiger partial charge is 0.275 e. The van der Waals surface area contributed by atoms with Gasteiger partial charge in [0.15, 0.2) is 0 Å². The number of aromatic amines is 1. The van der Waals surface area contributed by atoms with E-state index in [9.17, 15) is 9.59 Å². The van der Waals surface area contributed by atoms with Gasteiger partial charge in [-0.1, -0.05) is 42.5 Å². The van der Waals surface area contributed by atoms with Crippen LogP contribution in [0.15, 0.2) is 83.8 Å². The second-order valence-electron chi connectivity index (χ2n) is 7.23. The third kappa shape index (κ3) is 3.69. The number of H-pyrrole nitrogens is 1. The SMILES string of the molecule is O=C(NCc1nn(Cc2ccccn2)c(=O)c2ccccc12)c1cc2ccccc2[nH]1. The number of rotatable bonds is 5. The number of carbonyl (C=O) groups excluding carboxylic acids is 1. The molecule has 0 saturated heterocycles. The van der Waals surface area contributed by atoms with Gasteiger partial charge in [-0.05, 0) is 30.3 Å². The number of hydrogen-bond donors (Lipinski definition) is 2. The van der Waals surface area contributed by atoms with E-state index in [0.717, 1.165) is 22.0 Å². The zero-order valence-electron chi connectivity index (χ0n) is 16.6. The standard InChI is InChI=1S/C24H19N5O2/c30-23(21-13-16-7-1-4-11-20(16)27-21)26-14-22-18-9-2-3-10-19(18)24(31)29(28-22)15-17-8-5-6-12-25-17/h1-13,27H,14-15H2,(H,26,30). The van der Waals surface area contributed by atoms with Crippen LogP contribution in [-0.2, 0) is 13.1 Å².